The maximum Gasteiger partial charge on any atom is 0.408 e. The Kier molecular flexibility index (Phi) is 6.66. The summed E-state index contributed by atoms with van der Waals surface area (Å²) in [6, 6.07) is 4.16. The van der Waals surface area contributed by atoms with Crippen LogP contribution in [0.1, 0.15) is 31.9 Å². The van der Waals surface area contributed by atoms with Crippen LogP contribution in [0.5, 0.6) is 5.75 Å². The van der Waals surface area contributed by atoms with E-state index in [2.05, 4.69) is 11.2 Å². The van der Waals surface area contributed by atoms with Gasteiger partial charge in [0, 0.05) is 6.42 Å². The Hall–Kier alpha value is -2.68. The van der Waals surface area contributed by atoms with Crippen LogP contribution in [0.25, 0.3) is 0 Å². The molecule has 0 saturated carbocycles. The number of carboxylic acids is 1. The molecule has 1 atom stereocenters. The van der Waals surface area contributed by atoms with Crippen molar-refractivity contribution in [3.05, 3.63) is 29.3 Å². The summed E-state index contributed by atoms with van der Waals surface area (Å²) in [5.74, 6) is 1.86. The number of rotatable bonds is 6. The molecule has 24 heavy (non-hydrogen) atoms. The number of ether oxygens (including phenoxy) is 2. The van der Waals surface area contributed by atoms with E-state index in [-0.39, 0.29) is 13.0 Å². The lowest BCUT2D eigenvalue weighted by Gasteiger charge is -2.22. The average Bonchev–Trinajstić information content (AvgIpc) is 2.44. The van der Waals surface area contributed by atoms with Crippen LogP contribution in [-0.2, 0) is 16.0 Å². The van der Waals surface area contributed by atoms with Crippen LogP contribution in [0.3, 0.4) is 0 Å². The topological polar surface area (TPSA) is 84.9 Å². The second kappa shape index (κ2) is 8.25. The smallest absolute Gasteiger partial charge is 0.408 e. The Morgan fingerprint density at radius 2 is 2.04 bits per heavy atom. The zero-order valence-electron chi connectivity index (χ0n) is 14.4. The highest BCUT2D eigenvalue weighted by atomic mass is 16.6. The number of carboxylic acid groups (broad SMARTS) is 1. The molecule has 6 heteroatoms. The minimum Gasteiger partial charge on any atom is -0.481 e. The SMILES string of the molecule is C#CCOc1ccc(C[C@H](NC(=O)OC(C)(C)C)C(=O)O)c(C)c1. The third kappa shape index (κ3) is 6.61. The first kappa shape index (κ1) is 19.4. The highest BCUT2D eigenvalue weighted by Gasteiger charge is 2.24. The van der Waals surface area contributed by atoms with E-state index >= 15 is 0 Å². The fourth-order valence-electron chi connectivity index (χ4n) is 1.98. The van der Waals surface area contributed by atoms with E-state index in [0.29, 0.717) is 5.75 Å². The molecule has 1 aromatic rings. The third-order valence-electron chi connectivity index (χ3n) is 3.05. The minimum absolute atomic E-state index is 0.135. The molecule has 0 aliphatic carbocycles. The van der Waals surface area contributed by atoms with Crippen LogP contribution >= 0.6 is 0 Å². The lowest BCUT2D eigenvalue weighted by Crippen LogP contribution is -2.44. The number of hydrogen-bond donors (Lipinski definition) is 2. The van der Waals surface area contributed by atoms with Gasteiger partial charge in [-0.3, -0.25) is 0 Å². The summed E-state index contributed by atoms with van der Waals surface area (Å²) >= 11 is 0. The van der Waals surface area contributed by atoms with E-state index in [1.165, 1.54) is 0 Å². The van der Waals surface area contributed by atoms with Gasteiger partial charge in [0.2, 0.25) is 0 Å². The van der Waals surface area contributed by atoms with Gasteiger partial charge in [0.1, 0.15) is 24.0 Å². The first-order valence-electron chi connectivity index (χ1n) is 7.50. The number of benzene rings is 1. The fourth-order valence-corrected chi connectivity index (χ4v) is 1.98. The van der Waals surface area contributed by atoms with E-state index in [1.54, 1.807) is 39.0 Å². The van der Waals surface area contributed by atoms with Crippen LogP contribution in [0.2, 0.25) is 0 Å². The lowest BCUT2D eigenvalue weighted by atomic mass is 10.0. The van der Waals surface area contributed by atoms with Gasteiger partial charge in [0.15, 0.2) is 0 Å². The number of alkyl carbamates (subject to hydrolysis) is 1. The molecule has 0 aliphatic rings. The van der Waals surface area contributed by atoms with Crippen LogP contribution in [0, 0.1) is 19.3 Å². The molecule has 1 amide bonds. The van der Waals surface area contributed by atoms with Crippen LogP contribution in [0.15, 0.2) is 18.2 Å². The number of hydrogen-bond acceptors (Lipinski definition) is 4. The van der Waals surface area contributed by atoms with Crippen molar-refractivity contribution in [1.29, 1.82) is 0 Å². The van der Waals surface area contributed by atoms with Gasteiger partial charge >= 0.3 is 12.1 Å². The third-order valence-corrected chi connectivity index (χ3v) is 3.05. The molecule has 0 radical (unpaired) electrons. The first-order valence-corrected chi connectivity index (χ1v) is 7.50. The van der Waals surface area contributed by atoms with Gasteiger partial charge in [-0.05, 0) is 51.0 Å². The van der Waals surface area contributed by atoms with Crippen molar-refractivity contribution < 1.29 is 24.2 Å². The van der Waals surface area contributed by atoms with Gasteiger partial charge in [-0.25, -0.2) is 9.59 Å². The molecule has 1 rings (SSSR count). The molecule has 0 fully saturated rings. The monoisotopic (exact) mass is 333 g/mol. The number of terminal acetylenes is 1. The van der Waals surface area contributed by atoms with E-state index in [9.17, 15) is 14.7 Å². The van der Waals surface area contributed by atoms with Gasteiger partial charge in [-0.15, -0.1) is 6.42 Å². The maximum atomic E-state index is 11.8. The minimum atomic E-state index is -1.13. The zero-order valence-corrected chi connectivity index (χ0v) is 14.4. The molecule has 0 saturated heterocycles. The Morgan fingerprint density at radius 3 is 2.54 bits per heavy atom. The zero-order chi connectivity index (χ0) is 18.3. The van der Waals surface area contributed by atoms with Crippen molar-refractivity contribution in [3.8, 4) is 18.1 Å². The molecule has 130 valence electrons. The summed E-state index contributed by atoms with van der Waals surface area (Å²) in [7, 11) is 0. The van der Waals surface area contributed by atoms with E-state index in [1.807, 2.05) is 6.92 Å². The predicted octanol–water partition coefficient (Wildman–Crippen LogP) is 2.53. The molecule has 0 heterocycles. The number of aliphatic carboxylic acids is 1. The molecule has 0 spiro atoms. The van der Waals surface area contributed by atoms with Gasteiger partial charge in [-0.2, -0.15) is 0 Å². The van der Waals surface area contributed by atoms with Gasteiger partial charge in [0.05, 0.1) is 0 Å². The first-order chi connectivity index (χ1) is 11.1. The molecule has 6 nitrogen and oxygen atoms in total. The highest BCUT2D eigenvalue weighted by Crippen LogP contribution is 2.19. The van der Waals surface area contributed by atoms with Crippen molar-refractivity contribution >= 4 is 12.1 Å². The fraction of sp³-hybridized carbons (Fsp3) is 0.444. The van der Waals surface area contributed by atoms with Crippen molar-refractivity contribution in [2.24, 2.45) is 0 Å². The van der Waals surface area contributed by atoms with Gasteiger partial charge in [0.25, 0.3) is 0 Å². The molecule has 1 aromatic carbocycles. The average molecular weight is 333 g/mol. The molecular weight excluding hydrogens is 310 g/mol. The summed E-state index contributed by atoms with van der Waals surface area (Å²) in [4.78, 5) is 23.2. The second-order valence-corrected chi connectivity index (χ2v) is 6.32. The van der Waals surface area contributed by atoms with Gasteiger partial charge in [-0.1, -0.05) is 12.0 Å². The number of carbonyl (C=O) groups is 2. The summed E-state index contributed by atoms with van der Waals surface area (Å²) in [6.45, 7) is 7.13. The summed E-state index contributed by atoms with van der Waals surface area (Å²) in [5.41, 5.74) is 0.937. The largest absolute Gasteiger partial charge is 0.481 e. The van der Waals surface area contributed by atoms with Crippen molar-refractivity contribution in [2.45, 2.75) is 45.8 Å². The van der Waals surface area contributed by atoms with Crippen LogP contribution in [-0.4, -0.2) is 35.4 Å². The number of aryl methyl sites for hydroxylation is 1. The number of carbonyl (C=O) groups excluding carboxylic acids is 1. The van der Waals surface area contributed by atoms with E-state index < -0.39 is 23.7 Å². The van der Waals surface area contributed by atoms with Crippen molar-refractivity contribution in [3.63, 3.8) is 0 Å². The Bertz CT molecular complexity index is 640. The molecule has 0 bridgehead atoms. The van der Waals surface area contributed by atoms with E-state index in [4.69, 9.17) is 15.9 Å². The Balaban J connectivity index is 2.80. The van der Waals surface area contributed by atoms with E-state index in [0.717, 1.165) is 11.1 Å². The summed E-state index contributed by atoms with van der Waals surface area (Å²) in [6.07, 6.45) is 4.51. The Morgan fingerprint density at radius 1 is 1.38 bits per heavy atom. The highest BCUT2D eigenvalue weighted by molar-refractivity contribution is 5.80. The number of nitrogens with one attached hydrogen (secondary N) is 1. The van der Waals surface area contributed by atoms with Gasteiger partial charge < -0.3 is 19.9 Å². The van der Waals surface area contributed by atoms with Crippen LogP contribution in [0.4, 0.5) is 4.79 Å². The molecule has 0 aromatic heterocycles. The van der Waals surface area contributed by atoms with Crippen molar-refractivity contribution in [1.82, 2.24) is 5.32 Å². The molecule has 0 aliphatic heterocycles. The number of amides is 1. The lowest BCUT2D eigenvalue weighted by molar-refractivity contribution is -0.139. The molecule has 2 N–H and O–H groups in total. The van der Waals surface area contributed by atoms with Crippen molar-refractivity contribution in [2.75, 3.05) is 6.61 Å². The summed E-state index contributed by atoms with van der Waals surface area (Å²) < 4.78 is 10.4. The standard InChI is InChI=1S/C18H23NO5/c1-6-9-23-14-8-7-13(12(2)10-14)11-15(16(20)21)19-17(22)24-18(3,4)5/h1,7-8,10,15H,9,11H2,2-5H3,(H,19,22)(H,20,21)/t15-/m0/s1. The van der Waals surface area contributed by atoms with Crippen LogP contribution < -0.4 is 10.1 Å². The Labute approximate surface area is 142 Å². The summed E-state index contributed by atoms with van der Waals surface area (Å²) in [5, 5.41) is 11.7. The second-order valence-electron chi connectivity index (χ2n) is 6.32. The molecular formula is C18H23NO5. The normalized spacial score (nSPS) is 12.0. The quantitative estimate of drug-likeness (QED) is 0.782. The molecule has 0 unspecified atom stereocenters. The predicted molar refractivity (Wildman–Crippen MR) is 90.0 cm³/mol. The maximum absolute atomic E-state index is 11.8.